The van der Waals surface area contributed by atoms with Gasteiger partial charge in [-0.3, -0.25) is 4.57 Å². The van der Waals surface area contributed by atoms with Crippen LogP contribution in [0.1, 0.15) is 6.23 Å². The molecular formula is C11H13N9O4. The summed E-state index contributed by atoms with van der Waals surface area (Å²) in [6.45, 7) is -0.129. The van der Waals surface area contributed by atoms with Crippen molar-refractivity contribution in [2.24, 2.45) is 10.4 Å². The van der Waals surface area contributed by atoms with E-state index in [2.05, 4.69) is 30.3 Å². The second-order valence-corrected chi connectivity index (χ2v) is 5.09. The molecule has 1 aliphatic heterocycles. The van der Waals surface area contributed by atoms with Gasteiger partial charge < -0.3 is 14.9 Å². The Kier molecular flexibility index (Phi) is 4.22. The van der Waals surface area contributed by atoms with Gasteiger partial charge in [0.2, 0.25) is 0 Å². The highest BCUT2D eigenvalue weighted by Gasteiger charge is 2.44. The van der Waals surface area contributed by atoms with Gasteiger partial charge in [0.1, 0.15) is 18.5 Å². The molecule has 0 saturated carbocycles. The van der Waals surface area contributed by atoms with Crippen molar-refractivity contribution in [2.75, 3.05) is 18.6 Å². The Morgan fingerprint density at radius 2 is 2.21 bits per heavy atom. The van der Waals surface area contributed by atoms with Gasteiger partial charge in [-0.05, 0) is 5.53 Å². The minimum absolute atomic E-state index is 0.129. The second-order valence-electron chi connectivity index (χ2n) is 5.09. The summed E-state index contributed by atoms with van der Waals surface area (Å²) in [6, 6.07) is 0. The fraction of sp³-hybridized carbons (Fsp3) is 0.545. The first-order valence-corrected chi connectivity index (χ1v) is 6.85. The number of anilines is 1. The van der Waals surface area contributed by atoms with E-state index in [1.165, 1.54) is 24.3 Å². The van der Waals surface area contributed by atoms with Crippen LogP contribution in [0.3, 0.4) is 0 Å². The number of fused-ring (bicyclic) bond motifs is 1. The predicted octanol–water partition coefficient (Wildman–Crippen LogP) is -0.127. The van der Waals surface area contributed by atoms with Crippen molar-refractivity contribution in [1.29, 1.82) is 0 Å². The fourth-order valence-corrected chi connectivity index (χ4v) is 2.53. The molecule has 13 heteroatoms. The molecule has 0 aliphatic carbocycles. The number of azide groups is 1. The lowest BCUT2D eigenvalue weighted by atomic mass is 10.1. The Labute approximate surface area is 134 Å². The van der Waals surface area contributed by atoms with Crippen LogP contribution in [0.15, 0.2) is 23.1 Å². The van der Waals surface area contributed by atoms with Gasteiger partial charge in [0.05, 0.1) is 24.3 Å². The molecule has 3 rings (SSSR count). The van der Waals surface area contributed by atoms with E-state index in [1.54, 1.807) is 0 Å². The van der Waals surface area contributed by atoms with E-state index in [4.69, 9.17) is 10.3 Å². The maximum atomic E-state index is 10.7. The Morgan fingerprint density at radius 3 is 2.92 bits per heavy atom. The number of imidazole rings is 1. The number of aliphatic hydroxyl groups is 2. The molecule has 0 bridgehead atoms. The van der Waals surface area contributed by atoms with Crippen LogP contribution in [-0.2, 0) is 4.74 Å². The zero-order valence-electron chi connectivity index (χ0n) is 12.4. The SMILES string of the molecule is CN(N=O)c1ncnc2c1ncn2C1OC(CN=[N+]=[N-])C(O)C1O. The summed E-state index contributed by atoms with van der Waals surface area (Å²) in [6.07, 6.45) is -1.80. The first-order valence-electron chi connectivity index (χ1n) is 6.85. The molecule has 0 aromatic carbocycles. The summed E-state index contributed by atoms with van der Waals surface area (Å²) >= 11 is 0. The van der Waals surface area contributed by atoms with Crippen LogP contribution in [-0.4, -0.2) is 61.6 Å². The molecule has 0 spiro atoms. The molecule has 4 atom stereocenters. The standard InChI is InChI=1S/C11H13N9O4/c1-19(18-23)9-6-10(14-3-13-9)20(4-15-6)11-8(22)7(21)5(24-11)2-16-17-12/h3-5,7-8,11,21-22H,2H2,1H3. The molecule has 4 unspecified atom stereocenters. The van der Waals surface area contributed by atoms with E-state index in [-0.39, 0.29) is 23.5 Å². The van der Waals surface area contributed by atoms with Crippen molar-refractivity contribution < 1.29 is 14.9 Å². The molecule has 0 radical (unpaired) electrons. The minimum atomic E-state index is -1.28. The van der Waals surface area contributed by atoms with Gasteiger partial charge in [0.15, 0.2) is 23.2 Å². The third-order valence-corrected chi connectivity index (χ3v) is 3.70. The lowest BCUT2D eigenvalue weighted by molar-refractivity contribution is -0.0321. The van der Waals surface area contributed by atoms with E-state index >= 15 is 0 Å². The van der Waals surface area contributed by atoms with E-state index in [0.717, 1.165) is 5.01 Å². The van der Waals surface area contributed by atoms with Gasteiger partial charge >= 0.3 is 0 Å². The molecule has 2 aromatic heterocycles. The number of hydrogen-bond donors (Lipinski definition) is 2. The van der Waals surface area contributed by atoms with Crippen molar-refractivity contribution in [1.82, 2.24) is 19.5 Å². The van der Waals surface area contributed by atoms with E-state index in [9.17, 15) is 15.1 Å². The van der Waals surface area contributed by atoms with Gasteiger partial charge in [-0.15, -0.1) is 4.91 Å². The van der Waals surface area contributed by atoms with E-state index in [0.29, 0.717) is 0 Å². The normalized spacial score (nSPS) is 26.3. The fourth-order valence-electron chi connectivity index (χ4n) is 2.53. The first kappa shape index (κ1) is 16.0. The zero-order chi connectivity index (χ0) is 17.3. The average molecular weight is 335 g/mol. The number of rotatable bonds is 5. The van der Waals surface area contributed by atoms with Crippen LogP contribution in [0, 0.1) is 4.91 Å². The largest absolute Gasteiger partial charge is 0.388 e. The molecule has 126 valence electrons. The van der Waals surface area contributed by atoms with Crippen LogP contribution < -0.4 is 5.01 Å². The summed E-state index contributed by atoms with van der Waals surface area (Å²) in [5.74, 6) is 0.187. The third kappa shape index (κ3) is 2.51. The maximum absolute atomic E-state index is 10.7. The number of ether oxygens (including phenoxy) is 1. The first-order chi connectivity index (χ1) is 11.6. The quantitative estimate of drug-likeness (QED) is 0.250. The number of nitroso groups, excluding NO2 is 1. The molecule has 3 heterocycles. The molecule has 1 saturated heterocycles. The summed E-state index contributed by atoms with van der Waals surface area (Å²) in [7, 11) is 1.41. The van der Waals surface area contributed by atoms with Gasteiger partial charge in [-0.2, -0.15) is 0 Å². The number of aliphatic hydroxyl groups excluding tert-OH is 2. The Morgan fingerprint density at radius 1 is 1.42 bits per heavy atom. The minimum Gasteiger partial charge on any atom is -0.388 e. The van der Waals surface area contributed by atoms with Crippen molar-refractivity contribution in [3.63, 3.8) is 0 Å². The van der Waals surface area contributed by atoms with Crippen LogP contribution in [0.2, 0.25) is 0 Å². The van der Waals surface area contributed by atoms with Crippen LogP contribution >= 0.6 is 0 Å². The van der Waals surface area contributed by atoms with Crippen LogP contribution in [0.25, 0.3) is 21.6 Å². The number of hydrogen-bond acceptors (Lipinski definition) is 9. The third-order valence-electron chi connectivity index (χ3n) is 3.70. The summed E-state index contributed by atoms with van der Waals surface area (Å²) in [4.78, 5) is 25.4. The lowest BCUT2D eigenvalue weighted by Gasteiger charge is -2.16. The molecule has 2 aromatic rings. The van der Waals surface area contributed by atoms with Crippen molar-refractivity contribution in [3.8, 4) is 0 Å². The van der Waals surface area contributed by atoms with Crippen molar-refractivity contribution in [3.05, 3.63) is 28.0 Å². The highest BCUT2D eigenvalue weighted by Crippen LogP contribution is 2.32. The van der Waals surface area contributed by atoms with E-state index in [1.807, 2.05) is 0 Å². The molecule has 2 N–H and O–H groups in total. The Bertz CT molecular complexity index is 804. The maximum Gasteiger partial charge on any atom is 0.182 e. The van der Waals surface area contributed by atoms with Crippen LogP contribution in [0.4, 0.5) is 5.82 Å². The average Bonchev–Trinajstić information content (AvgIpc) is 3.14. The molecule has 1 aliphatic rings. The number of nitrogens with zero attached hydrogens (tertiary/aromatic N) is 9. The Hall–Kier alpha value is -2.86. The summed E-state index contributed by atoms with van der Waals surface area (Å²) in [5, 5.41) is 27.3. The monoisotopic (exact) mass is 335 g/mol. The summed E-state index contributed by atoms with van der Waals surface area (Å²) < 4.78 is 6.97. The van der Waals surface area contributed by atoms with Crippen LogP contribution in [0.5, 0.6) is 0 Å². The summed E-state index contributed by atoms with van der Waals surface area (Å²) in [5.41, 5.74) is 8.93. The van der Waals surface area contributed by atoms with Gasteiger partial charge in [-0.25, -0.2) is 20.0 Å². The van der Waals surface area contributed by atoms with E-state index < -0.39 is 24.5 Å². The van der Waals surface area contributed by atoms with Gasteiger partial charge in [0.25, 0.3) is 0 Å². The molecule has 0 amide bonds. The zero-order valence-corrected chi connectivity index (χ0v) is 12.4. The second kappa shape index (κ2) is 6.33. The smallest absolute Gasteiger partial charge is 0.182 e. The molecule has 1 fully saturated rings. The van der Waals surface area contributed by atoms with Gasteiger partial charge in [0, 0.05) is 12.0 Å². The topological polar surface area (TPSA) is 175 Å². The Balaban J connectivity index is 1.98. The highest BCUT2D eigenvalue weighted by molar-refractivity contribution is 5.83. The van der Waals surface area contributed by atoms with Crippen molar-refractivity contribution >= 4 is 17.0 Å². The number of aromatic nitrogens is 4. The molecular weight excluding hydrogens is 322 g/mol. The van der Waals surface area contributed by atoms with Crippen molar-refractivity contribution in [2.45, 2.75) is 24.5 Å². The van der Waals surface area contributed by atoms with Gasteiger partial charge in [-0.1, -0.05) is 5.11 Å². The highest BCUT2D eigenvalue weighted by atomic mass is 16.6. The molecule has 13 nitrogen and oxygen atoms in total. The molecule has 24 heavy (non-hydrogen) atoms. The predicted molar refractivity (Wildman–Crippen MR) is 79.5 cm³/mol. The lowest BCUT2D eigenvalue weighted by Crippen LogP contribution is -2.32.